The van der Waals surface area contributed by atoms with Crippen LogP contribution in [-0.4, -0.2) is 31.1 Å². The predicted octanol–water partition coefficient (Wildman–Crippen LogP) is 3.61. The minimum absolute atomic E-state index is 0.00237. The number of benzene rings is 1. The van der Waals surface area contributed by atoms with Gasteiger partial charge in [-0.05, 0) is 57.5 Å². The molecule has 20 heavy (non-hydrogen) atoms. The monoisotopic (exact) mass is 296 g/mol. The van der Waals surface area contributed by atoms with Crippen LogP contribution in [0.25, 0.3) is 0 Å². The lowest BCUT2D eigenvalue weighted by molar-refractivity contribution is 0.153. The van der Waals surface area contributed by atoms with Gasteiger partial charge in [-0.3, -0.25) is 0 Å². The summed E-state index contributed by atoms with van der Waals surface area (Å²) in [5.41, 5.74) is 6.88. The van der Waals surface area contributed by atoms with Gasteiger partial charge in [0.1, 0.15) is 5.75 Å². The Morgan fingerprint density at radius 3 is 2.90 bits per heavy atom. The molecule has 1 saturated heterocycles. The Kier molecular flexibility index (Phi) is 5.70. The van der Waals surface area contributed by atoms with Gasteiger partial charge in [-0.1, -0.05) is 24.1 Å². The Hall–Kier alpha value is -0.770. The number of nitrogens with two attached hydrogens (primary N) is 1. The maximum atomic E-state index is 6.23. The van der Waals surface area contributed by atoms with E-state index in [1.807, 2.05) is 25.1 Å². The summed E-state index contributed by atoms with van der Waals surface area (Å²) in [6.45, 7) is 3.87. The molecule has 2 rings (SSSR count). The summed E-state index contributed by atoms with van der Waals surface area (Å²) >= 11 is 6.23. The first-order valence-corrected chi connectivity index (χ1v) is 7.84. The maximum Gasteiger partial charge on any atom is 0.137 e. The molecule has 0 radical (unpaired) electrons. The highest BCUT2D eigenvalue weighted by molar-refractivity contribution is 6.32. The smallest absolute Gasteiger partial charge is 0.137 e. The number of halogens is 1. The van der Waals surface area contributed by atoms with Crippen LogP contribution in [0.15, 0.2) is 18.2 Å². The zero-order chi connectivity index (χ0) is 14.5. The zero-order valence-electron chi connectivity index (χ0n) is 12.4. The average molecular weight is 297 g/mol. The summed E-state index contributed by atoms with van der Waals surface area (Å²) in [5, 5.41) is 0.650. The van der Waals surface area contributed by atoms with E-state index in [1.165, 1.54) is 25.8 Å². The van der Waals surface area contributed by atoms with Crippen LogP contribution in [0.5, 0.6) is 5.75 Å². The van der Waals surface area contributed by atoms with Crippen LogP contribution >= 0.6 is 11.6 Å². The second-order valence-electron chi connectivity index (χ2n) is 5.75. The fourth-order valence-corrected chi connectivity index (χ4v) is 2.97. The third-order valence-corrected chi connectivity index (χ3v) is 4.41. The largest absolute Gasteiger partial charge is 0.492 e. The Labute approximate surface area is 127 Å². The van der Waals surface area contributed by atoms with E-state index in [1.54, 1.807) is 0 Å². The van der Waals surface area contributed by atoms with Crippen molar-refractivity contribution in [1.29, 1.82) is 0 Å². The first kappa shape index (κ1) is 15.6. The number of ether oxygens (including phenoxy) is 1. The van der Waals surface area contributed by atoms with E-state index in [4.69, 9.17) is 22.1 Å². The van der Waals surface area contributed by atoms with Crippen LogP contribution in [0, 0.1) is 0 Å². The molecular weight excluding hydrogens is 272 g/mol. The zero-order valence-corrected chi connectivity index (χ0v) is 13.2. The Morgan fingerprint density at radius 2 is 2.25 bits per heavy atom. The third kappa shape index (κ3) is 4.11. The average Bonchev–Trinajstić information content (AvgIpc) is 2.42. The number of piperidine rings is 1. The van der Waals surface area contributed by atoms with Gasteiger partial charge < -0.3 is 15.4 Å². The molecule has 0 saturated carbocycles. The second kappa shape index (κ2) is 7.30. The van der Waals surface area contributed by atoms with E-state index in [-0.39, 0.29) is 6.04 Å². The number of hydrogen-bond donors (Lipinski definition) is 1. The molecule has 1 fully saturated rings. The highest BCUT2D eigenvalue weighted by atomic mass is 35.5. The molecule has 0 bridgehead atoms. The highest BCUT2D eigenvalue weighted by Gasteiger charge is 2.18. The normalized spacial score (nSPS) is 21.7. The van der Waals surface area contributed by atoms with E-state index in [0.29, 0.717) is 17.7 Å². The SMILES string of the molecule is C[C@@H](N)c1ccc(OCCC2CCCCN2C)c(Cl)c1. The summed E-state index contributed by atoms with van der Waals surface area (Å²) in [5.74, 6) is 0.759. The molecule has 1 unspecified atom stereocenters. The van der Waals surface area contributed by atoms with Gasteiger partial charge in [-0.25, -0.2) is 0 Å². The topological polar surface area (TPSA) is 38.5 Å². The highest BCUT2D eigenvalue weighted by Crippen LogP contribution is 2.28. The van der Waals surface area contributed by atoms with Crippen molar-refractivity contribution in [1.82, 2.24) is 4.90 Å². The molecule has 2 atom stereocenters. The van der Waals surface area contributed by atoms with Gasteiger partial charge in [0, 0.05) is 12.1 Å². The van der Waals surface area contributed by atoms with E-state index in [0.717, 1.165) is 17.7 Å². The van der Waals surface area contributed by atoms with Crippen LogP contribution in [0.2, 0.25) is 5.02 Å². The van der Waals surface area contributed by atoms with Crippen molar-refractivity contribution in [3.63, 3.8) is 0 Å². The van der Waals surface area contributed by atoms with Gasteiger partial charge in [0.15, 0.2) is 0 Å². The summed E-state index contributed by atoms with van der Waals surface area (Å²) < 4.78 is 5.82. The summed E-state index contributed by atoms with van der Waals surface area (Å²) in [4.78, 5) is 2.44. The third-order valence-electron chi connectivity index (χ3n) is 4.11. The molecule has 0 amide bonds. The van der Waals surface area contributed by atoms with Crippen molar-refractivity contribution in [3.05, 3.63) is 28.8 Å². The maximum absolute atomic E-state index is 6.23. The van der Waals surface area contributed by atoms with Crippen LogP contribution in [0.3, 0.4) is 0 Å². The minimum Gasteiger partial charge on any atom is -0.492 e. The Balaban J connectivity index is 1.84. The van der Waals surface area contributed by atoms with Crippen molar-refractivity contribution >= 4 is 11.6 Å². The lowest BCUT2D eigenvalue weighted by atomic mass is 10.0. The number of likely N-dealkylation sites (tertiary alicyclic amines) is 1. The van der Waals surface area contributed by atoms with Gasteiger partial charge in [0.05, 0.1) is 11.6 Å². The molecule has 112 valence electrons. The van der Waals surface area contributed by atoms with E-state index < -0.39 is 0 Å². The van der Waals surface area contributed by atoms with Gasteiger partial charge in [0.25, 0.3) is 0 Å². The molecule has 4 heteroatoms. The Morgan fingerprint density at radius 1 is 1.45 bits per heavy atom. The molecule has 1 aliphatic heterocycles. The fraction of sp³-hybridized carbons (Fsp3) is 0.625. The molecule has 0 aliphatic carbocycles. The minimum atomic E-state index is -0.00237. The number of rotatable bonds is 5. The van der Waals surface area contributed by atoms with Crippen molar-refractivity contribution in [3.8, 4) is 5.75 Å². The van der Waals surface area contributed by atoms with Gasteiger partial charge in [-0.2, -0.15) is 0 Å². The lowest BCUT2D eigenvalue weighted by Gasteiger charge is -2.32. The Bertz CT molecular complexity index is 436. The standard InChI is InChI=1S/C16H25ClN2O/c1-12(18)13-6-7-16(15(17)11-13)20-10-8-14-5-3-4-9-19(14)2/h6-7,11-12,14H,3-5,8-10,18H2,1-2H3/t12-,14?/m1/s1. The first-order valence-electron chi connectivity index (χ1n) is 7.46. The molecule has 0 spiro atoms. The lowest BCUT2D eigenvalue weighted by Crippen LogP contribution is -2.37. The number of nitrogens with zero attached hydrogens (tertiary/aromatic N) is 1. The predicted molar refractivity (Wildman–Crippen MR) is 84.4 cm³/mol. The van der Waals surface area contributed by atoms with Crippen LogP contribution in [0.4, 0.5) is 0 Å². The molecule has 2 N–H and O–H groups in total. The molecule has 0 aromatic heterocycles. The van der Waals surface area contributed by atoms with Gasteiger partial charge >= 0.3 is 0 Å². The van der Waals surface area contributed by atoms with E-state index >= 15 is 0 Å². The molecule has 3 nitrogen and oxygen atoms in total. The van der Waals surface area contributed by atoms with Gasteiger partial charge in [0.2, 0.25) is 0 Å². The number of hydrogen-bond acceptors (Lipinski definition) is 3. The first-order chi connectivity index (χ1) is 9.58. The van der Waals surface area contributed by atoms with E-state index in [9.17, 15) is 0 Å². The molecular formula is C16H25ClN2O. The van der Waals surface area contributed by atoms with Crippen LogP contribution in [-0.2, 0) is 0 Å². The fourth-order valence-electron chi connectivity index (χ4n) is 2.73. The van der Waals surface area contributed by atoms with Crippen LogP contribution in [0.1, 0.15) is 44.2 Å². The quantitative estimate of drug-likeness (QED) is 0.902. The van der Waals surface area contributed by atoms with Crippen molar-refractivity contribution in [2.45, 2.75) is 44.7 Å². The summed E-state index contributed by atoms with van der Waals surface area (Å²) in [6, 6.07) is 6.45. The van der Waals surface area contributed by atoms with Gasteiger partial charge in [-0.15, -0.1) is 0 Å². The summed E-state index contributed by atoms with van der Waals surface area (Å²) in [7, 11) is 2.20. The van der Waals surface area contributed by atoms with Crippen molar-refractivity contribution in [2.24, 2.45) is 5.73 Å². The van der Waals surface area contributed by atoms with E-state index in [2.05, 4.69) is 11.9 Å². The summed E-state index contributed by atoms with van der Waals surface area (Å²) in [6.07, 6.45) is 4.98. The second-order valence-corrected chi connectivity index (χ2v) is 6.15. The molecule has 1 heterocycles. The van der Waals surface area contributed by atoms with Crippen molar-refractivity contribution < 1.29 is 4.74 Å². The van der Waals surface area contributed by atoms with Crippen LogP contribution < -0.4 is 10.5 Å². The molecule has 1 aromatic rings. The molecule has 1 aliphatic rings. The molecule has 1 aromatic carbocycles. The van der Waals surface area contributed by atoms with Crippen molar-refractivity contribution in [2.75, 3.05) is 20.2 Å².